The summed E-state index contributed by atoms with van der Waals surface area (Å²) in [5.74, 6) is 0.513. The Bertz CT molecular complexity index is 771. The summed E-state index contributed by atoms with van der Waals surface area (Å²) >= 11 is 0. The standard InChI is InChI=1S/C19H23N3O3/c1-19(2)17(24)22(18(25)20-19)10-4-9-21-11-12-7-8-15(23)13-5-3-6-14(21)16(12)13/h3,5-6,12H,4,7-11H2,1-2H3,(H,20,25). The molecule has 2 heterocycles. The maximum atomic E-state index is 12.2. The first-order valence-electron chi connectivity index (χ1n) is 8.93. The van der Waals surface area contributed by atoms with Gasteiger partial charge in [-0.05, 0) is 38.3 Å². The smallest absolute Gasteiger partial charge is 0.325 e. The maximum Gasteiger partial charge on any atom is 0.325 e. The summed E-state index contributed by atoms with van der Waals surface area (Å²) < 4.78 is 0. The average molecular weight is 341 g/mol. The number of hydrogen-bond donors (Lipinski definition) is 1. The molecule has 0 radical (unpaired) electrons. The highest BCUT2D eigenvalue weighted by Crippen LogP contribution is 2.44. The Hall–Kier alpha value is -2.37. The zero-order valence-corrected chi connectivity index (χ0v) is 14.7. The molecule has 3 amide bonds. The minimum Gasteiger partial charge on any atom is -0.371 e. The molecule has 1 aliphatic carbocycles. The zero-order chi connectivity index (χ0) is 17.8. The second kappa shape index (κ2) is 5.58. The Balaban J connectivity index is 1.44. The Morgan fingerprint density at radius 3 is 2.72 bits per heavy atom. The van der Waals surface area contributed by atoms with E-state index in [2.05, 4.69) is 16.3 Å². The van der Waals surface area contributed by atoms with Gasteiger partial charge in [0, 0.05) is 43.2 Å². The van der Waals surface area contributed by atoms with Crippen molar-refractivity contribution < 1.29 is 14.4 Å². The van der Waals surface area contributed by atoms with Crippen LogP contribution in [-0.2, 0) is 4.79 Å². The molecule has 1 saturated heterocycles. The van der Waals surface area contributed by atoms with Crippen LogP contribution in [0.2, 0.25) is 0 Å². The molecule has 0 spiro atoms. The lowest BCUT2D eigenvalue weighted by Crippen LogP contribution is -2.40. The fourth-order valence-electron chi connectivity index (χ4n) is 4.28. The van der Waals surface area contributed by atoms with Crippen LogP contribution in [0.1, 0.15) is 54.9 Å². The van der Waals surface area contributed by atoms with Crippen molar-refractivity contribution in [1.82, 2.24) is 10.2 Å². The van der Waals surface area contributed by atoms with Crippen molar-refractivity contribution in [1.29, 1.82) is 0 Å². The van der Waals surface area contributed by atoms with Gasteiger partial charge in [0.1, 0.15) is 5.54 Å². The molecule has 4 rings (SSSR count). The number of hydrogen-bond acceptors (Lipinski definition) is 4. The quantitative estimate of drug-likeness (QED) is 0.853. The zero-order valence-electron chi connectivity index (χ0n) is 14.7. The second-order valence-corrected chi connectivity index (χ2v) is 7.71. The van der Waals surface area contributed by atoms with E-state index in [4.69, 9.17) is 0 Å². The van der Waals surface area contributed by atoms with E-state index < -0.39 is 5.54 Å². The number of urea groups is 1. The Labute approximate surface area is 147 Å². The summed E-state index contributed by atoms with van der Waals surface area (Å²) in [5.41, 5.74) is 2.42. The molecule has 2 aliphatic heterocycles. The fourth-order valence-corrected chi connectivity index (χ4v) is 4.28. The van der Waals surface area contributed by atoms with Crippen molar-refractivity contribution >= 4 is 23.4 Å². The fraction of sp³-hybridized carbons (Fsp3) is 0.526. The van der Waals surface area contributed by atoms with Crippen LogP contribution < -0.4 is 10.2 Å². The SMILES string of the molecule is CC1(C)NC(=O)N(CCCN2CC3CCC(=O)c4cccc2c43)C1=O. The summed E-state index contributed by atoms with van der Waals surface area (Å²) in [6, 6.07) is 5.66. The van der Waals surface area contributed by atoms with Crippen LogP contribution in [0, 0.1) is 0 Å². The molecule has 1 unspecified atom stereocenters. The second-order valence-electron chi connectivity index (χ2n) is 7.71. The maximum absolute atomic E-state index is 12.2. The molecule has 6 nitrogen and oxygen atoms in total. The van der Waals surface area contributed by atoms with E-state index in [1.54, 1.807) is 13.8 Å². The van der Waals surface area contributed by atoms with Gasteiger partial charge in [-0.2, -0.15) is 0 Å². The van der Waals surface area contributed by atoms with Crippen molar-refractivity contribution in [2.45, 2.75) is 44.6 Å². The molecule has 0 bridgehead atoms. The number of imide groups is 1. The third-order valence-corrected chi connectivity index (χ3v) is 5.55. The molecule has 1 fully saturated rings. The lowest BCUT2D eigenvalue weighted by atomic mass is 9.83. The molecule has 1 aromatic rings. The Kier molecular flexibility index (Phi) is 3.60. The van der Waals surface area contributed by atoms with Gasteiger partial charge in [0.25, 0.3) is 5.91 Å². The van der Waals surface area contributed by atoms with Gasteiger partial charge in [0.15, 0.2) is 5.78 Å². The topological polar surface area (TPSA) is 69.7 Å². The summed E-state index contributed by atoms with van der Waals surface area (Å²) in [5, 5.41) is 2.71. The van der Waals surface area contributed by atoms with Crippen LogP contribution in [-0.4, -0.2) is 47.8 Å². The number of amides is 3. The van der Waals surface area contributed by atoms with E-state index in [0.717, 1.165) is 37.2 Å². The van der Waals surface area contributed by atoms with Gasteiger partial charge in [-0.15, -0.1) is 0 Å². The Morgan fingerprint density at radius 1 is 1.20 bits per heavy atom. The van der Waals surface area contributed by atoms with Crippen molar-refractivity contribution in [3.05, 3.63) is 29.3 Å². The van der Waals surface area contributed by atoms with Crippen LogP contribution in [0.15, 0.2) is 18.2 Å². The number of benzene rings is 1. The molecule has 1 atom stereocenters. The van der Waals surface area contributed by atoms with Crippen LogP contribution in [0.25, 0.3) is 0 Å². The van der Waals surface area contributed by atoms with E-state index in [0.29, 0.717) is 18.9 Å². The molecule has 1 aromatic carbocycles. The van der Waals surface area contributed by atoms with Gasteiger partial charge in [-0.1, -0.05) is 12.1 Å². The van der Waals surface area contributed by atoms with E-state index in [-0.39, 0.29) is 17.7 Å². The summed E-state index contributed by atoms with van der Waals surface area (Å²) in [4.78, 5) is 39.9. The minimum atomic E-state index is -0.809. The number of nitrogens with one attached hydrogen (secondary N) is 1. The van der Waals surface area contributed by atoms with Gasteiger partial charge in [0.05, 0.1) is 0 Å². The molecule has 0 aromatic heterocycles. The molecule has 3 aliphatic rings. The highest BCUT2D eigenvalue weighted by Gasteiger charge is 2.44. The van der Waals surface area contributed by atoms with Crippen molar-refractivity contribution in [3.8, 4) is 0 Å². The molecule has 1 N–H and O–H groups in total. The van der Waals surface area contributed by atoms with Crippen LogP contribution in [0.3, 0.4) is 0 Å². The van der Waals surface area contributed by atoms with Crippen molar-refractivity contribution in [2.24, 2.45) is 0 Å². The van der Waals surface area contributed by atoms with E-state index in [9.17, 15) is 14.4 Å². The highest BCUT2D eigenvalue weighted by molar-refractivity contribution is 6.06. The number of nitrogens with zero attached hydrogens (tertiary/aromatic N) is 2. The van der Waals surface area contributed by atoms with Gasteiger partial charge < -0.3 is 10.2 Å². The minimum absolute atomic E-state index is 0.164. The third kappa shape index (κ3) is 2.51. The van der Waals surface area contributed by atoms with Gasteiger partial charge in [-0.3, -0.25) is 14.5 Å². The van der Waals surface area contributed by atoms with Crippen LogP contribution >= 0.6 is 0 Å². The summed E-state index contributed by atoms with van der Waals surface area (Å²) in [7, 11) is 0. The largest absolute Gasteiger partial charge is 0.371 e. The first-order valence-corrected chi connectivity index (χ1v) is 8.93. The van der Waals surface area contributed by atoms with Crippen molar-refractivity contribution in [2.75, 3.05) is 24.5 Å². The third-order valence-electron chi connectivity index (χ3n) is 5.55. The number of Topliss-reactive ketones (excluding diaryl/α,β-unsaturated/α-hetero) is 1. The molecule has 25 heavy (non-hydrogen) atoms. The molecule has 6 heteroatoms. The average Bonchev–Trinajstić information content (AvgIpc) is 3.02. The lowest BCUT2D eigenvalue weighted by Gasteiger charge is -2.21. The van der Waals surface area contributed by atoms with Gasteiger partial charge in [-0.25, -0.2) is 4.79 Å². The molecular weight excluding hydrogens is 318 g/mol. The van der Waals surface area contributed by atoms with Crippen LogP contribution in [0.4, 0.5) is 10.5 Å². The number of rotatable bonds is 4. The molecule has 0 saturated carbocycles. The summed E-state index contributed by atoms with van der Waals surface area (Å²) in [6.07, 6.45) is 2.27. The highest BCUT2D eigenvalue weighted by atomic mass is 16.2. The van der Waals surface area contributed by atoms with Gasteiger partial charge in [0.2, 0.25) is 0 Å². The van der Waals surface area contributed by atoms with E-state index >= 15 is 0 Å². The lowest BCUT2D eigenvalue weighted by molar-refractivity contribution is -0.130. The monoisotopic (exact) mass is 341 g/mol. The normalized spacial score (nSPS) is 23.9. The predicted octanol–water partition coefficient (Wildman–Crippen LogP) is 2.29. The number of ketones is 1. The molecular formula is C19H23N3O3. The Morgan fingerprint density at radius 2 is 2.00 bits per heavy atom. The summed E-state index contributed by atoms with van der Waals surface area (Å²) in [6.45, 7) is 5.57. The number of anilines is 1. The van der Waals surface area contributed by atoms with E-state index in [1.165, 1.54) is 10.5 Å². The van der Waals surface area contributed by atoms with E-state index in [1.807, 2.05) is 12.1 Å². The molecule has 132 valence electrons. The predicted molar refractivity (Wildman–Crippen MR) is 93.9 cm³/mol. The number of carbonyl (C=O) groups excluding carboxylic acids is 3. The first kappa shape index (κ1) is 16.1. The first-order chi connectivity index (χ1) is 11.9. The van der Waals surface area contributed by atoms with Gasteiger partial charge >= 0.3 is 6.03 Å². The van der Waals surface area contributed by atoms with Crippen LogP contribution in [0.5, 0.6) is 0 Å². The van der Waals surface area contributed by atoms with Crippen molar-refractivity contribution in [3.63, 3.8) is 0 Å². The number of carbonyl (C=O) groups is 3.